The van der Waals surface area contributed by atoms with Crippen LogP contribution in [0, 0.1) is 0 Å². The number of amides is 1. The molecule has 0 unspecified atom stereocenters. The van der Waals surface area contributed by atoms with Gasteiger partial charge < -0.3 is 15.5 Å². The van der Waals surface area contributed by atoms with Crippen molar-refractivity contribution < 1.29 is 9.21 Å². The number of carbonyl (C=O) groups is 1. The maximum Gasteiger partial charge on any atom is 0.233 e. The highest BCUT2D eigenvalue weighted by atomic mass is 32.2. The van der Waals surface area contributed by atoms with Gasteiger partial charge in [0, 0.05) is 0 Å². The highest BCUT2D eigenvalue weighted by molar-refractivity contribution is 8.02. The van der Waals surface area contributed by atoms with E-state index >= 15 is 0 Å². The van der Waals surface area contributed by atoms with Gasteiger partial charge in [-0.1, -0.05) is 23.1 Å². The SMILES string of the molecule is C[C@H](Sc1nnc(N)s1)C(=O)NCc1ccco1. The second-order valence-corrected chi connectivity index (χ2v) is 6.06. The van der Waals surface area contributed by atoms with Crippen molar-refractivity contribution in [3.63, 3.8) is 0 Å². The Bertz CT molecular complexity index is 512. The molecule has 0 aliphatic heterocycles. The zero-order chi connectivity index (χ0) is 13.0. The van der Waals surface area contributed by atoms with Crippen LogP contribution in [0.1, 0.15) is 12.7 Å². The molecule has 0 aliphatic carbocycles. The first-order valence-electron chi connectivity index (χ1n) is 5.21. The molecule has 0 aliphatic rings. The van der Waals surface area contributed by atoms with Gasteiger partial charge in [-0.15, -0.1) is 10.2 Å². The molecule has 1 atom stereocenters. The first-order valence-corrected chi connectivity index (χ1v) is 6.90. The lowest BCUT2D eigenvalue weighted by Crippen LogP contribution is -2.30. The highest BCUT2D eigenvalue weighted by Gasteiger charge is 2.16. The Morgan fingerprint density at radius 2 is 2.50 bits per heavy atom. The number of aromatic nitrogens is 2. The predicted molar refractivity (Wildman–Crippen MR) is 70.2 cm³/mol. The van der Waals surface area contributed by atoms with Crippen molar-refractivity contribution in [1.82, 2.24) is 15.5 Å². The van der Waals surface area contributed by atoms with Crippen molar-refractivity contribution in [2.75, 3.05) is 5.73 Å². The van der Waals surface area contributed by atoms with E-state index in [1.165, 1.54) is 23.1 Å². The number of nitrogen functional groups attached to an aromatic ring is 1. The molecule has 0 spiro atoms. The molecule has 0 bridgehead atoms. The van der Waals surface area contributed by atoms with Gasteiger partial charge in [0.15, 0.2) is 4.34 Å². The molecule has 3 N–H and O–H groups in total. The van der Waals surface area contributed by atoms with Gasteiger partial charge in [-0.25, -0.2) is 0 Å². The molecular weight excluding hydrogens is 272 g/mol. The van der Waals surface area contributed by atoms with Crippen molar-refractivity contribution in [1.29, 1.82) is 0 Å². The standard InChI is InChI=1S/C10H12N4O2S2/c1-6(17-10-14-13-9(11)18-10)8(15)12-5-7-3-2-4-16-7/h2-4,6H,5H2,1H3,(H2,11,13)(H,12,15)/t6-/m0/s1. The lowest BCUT2D eigenvalue weighted by Gasteiger charge is -2.08. The third-order valence-electron chi connectivity index (χ3n) is 2.09. The smallest absolute Gasteiger partial charge is 0.233 e. The molecule has 8 heteroatoms. The van der Waals surface area contributed by atoms with Crippen LogP contribution in [0.15, 0.2) is 27.2 Å². The highest BCUT2D eigenvalue weighted by Crippen LogP contribution is 2.27. The van der Waals surface area contributed by atoms with Gasteiger partial charge in [-0.3, -0.25) is 4.79 Å². The van der Waals surface area contributed by atoms with E-state index in [1.54, 1.807) is 19.3 Å². The Kier molecular flexibility index (Phi) is 4.21. The van der Waals surface area contributed by atoms with E-state index in [0.717, 1.165) is 5.76 Å². The normalized spacial score (nSPS) is 12.3. The van der Waals surface area contributed by atoms with Crippen molar-refractivity contribution >= 4 is 34.1 Å². The minimum absolute atomic E-state index is 0.0785. The average molecular weight is 284 g/mol. The Hall–Kier alpha value is -1.54. The molecule has 0 saturated carbocycles. The quantitative estimate of drug-likeness (QED) is 0.808. The Morgan fingerprint density at radius 1 is 1.67 bits per heavy atom. The zero-order valence-electron chi connectivity index (χ0n) is 9.62. The van der Waals surface area contributed by atoms with Gasteiger partial charge in [-0.05, 0) is 19.1 Å². The van der Waals surface area contributed by atoms with E-state index in [4.69, 9.17) is 10.2 Å². The zero-order valence-corrected chi connectivity index (χ0v) is 11.3. The second kappa shape index (κ2) is 5.87. The van der Waals surface area contributed by atoms with Crippen LogP contribution in [0.3, 0.4) is 0 Å². The molecule has 2 aromatic rings. The number of hydrogen-bond donors (Lipinski definition) is 2. The topological polar surface area (TPSA) is 94.0 Å². The maximum absolute atomic E-state index is 11.8. The van der Waals surface area contributed by atoms with E-state index in [2.05, 4.69) is 15.5 Å². The summed E-state index contributed by atoms with van der Waals surface area (Å²) in [6.45, 7) is 2.19. The average Bonchev–Trinajstić information content (AvgIpc) is 2.97. The minimum atomic E-state index is -0.257. The van der Waals surface area contributed by atoms with E-state index in [9.17, 15) is 4.79 Å². The second-order valence-electron chi connectivity index (χ2n) is 3.46. The molecule has 6 nitrogen and oxygen atoms in total. The summed E-state index contributed by atoms with van der Waals surface area (Å²) >= 11 is 2.60. The summed E-state index contributed by atoms with van der Waals surface area (Å²) in [4.78, 5) is 11.8. The minimum Gasteiger partial charge on any atom is -0.467 e. The van der Waals surface area contributed by atoms with Crippen LogP contribution in [0.5, 0.6) is 0 Å². The number of hydrogen-bond acceptors (Lipinski definition) is 7. The van der Waals surface area contributed by atoms with Gasteiger partial charge in [-0.2, -0.15) is 0 Å². The van der Waals surface area contributed by atoms with E-state index in [-0.39, 0.29) is 11.2 Å². The summed E-state index contributed by atoms with van der Waals surface area (Å²) in [5, 5.41) is 10.5. The lowest BCUT2D eigenvalue weighted by molar-refractivity contribution is -0.120. The fourth-order valence-corrected chi connectivity index (χ4v) is 3.01. The van der Waals surface area contributed by atoms with E-state index < -0.39 is 0 Å². The number of rotatable bonds is 5. The summed E-state index contributed by atoms with van der Waals surface area (Å²) in [6.07, 6.45) is 1.57. The van der Waals surface area contributed by atoms with Crippen molar-refractivity contribution in [3.8, 4) is 0 Å². The summed E-state index contributed by atoms with van der Waals surface area (Å²) in [5.41, 5.74) is 5.47. The molecule has 96 valence electrons. The lowest BCUT2D eigenvalue weighted by atomic mass is 10.4. The third-order valence-corrected chi connectivity index (χ3v) is 4.02. The van der Waals surface area contributed by atoms with E-state index in [1.807, 2.05) is 6.07 Å². The van der Waals surface area contributed by atoms with E-state index in [0.29, 0.717) is 16.0 Å². The van der Waals surface area contributed by atoms with Crippen LogP contribution in [0.4, 0.5) is 5.13 Å². The molecule has 0 fully saturated rings. The number of nitrogens with zero attached hydrogens (tertiary/aromatic N) is 2. The largest absolute Gasteiger partial charge is 0.467 e. The van der Waals surface area contributed by atoms with Crippen LogP contribution < -0.4 is 11.1 Å². The number of carbonyl (C=O) groups excluding carboxylic acids is 1. The molecule has 2 rings (SSSR count). The van der Waals surface area contributed by atoms with Crippen LogP contribution in [0.25, 0.3) is 0 Å². The van der Waals surface area contributed by atoms with Crippen molar-refractivity contribution in [3.05, 3.63) is 24.2 Å². The summed E-state index contributed by atoms with van der Waals surface area (Å²) in [5.74, 6) is 0.644. The molecular formula is C10H12N4O2S2. The molecule has 18 heavy (non-hydrogen) atoms. The molecule has 0 saturated heterocycles. The molecule has 0 radical (unpaired) electrons. The van der Waals surface area contributed by atoms with Gasteiger partial charge >= 0.3 is 0 Å². The number of nitrogens with one attached hydrogen (secondary N) is 1. The third kappa shape index (κ3) is 3.47. The Morgan fingerprint density at radius 3 is 3.11 bits per heavy atom. The van der Waals surface area contributed by atoms with Crippen LogP contribution in [-0.2, 0) is 11.3 Å². The van der Waals surface area contributed by atoms with Gasteiger partial charge in [0.05, 0.1) is 18.1 Å². The predicted octanol–water partition coefficient (Wildman–Crippen LogP) is 1.51. The number of anilines is 1. The Balaban J connectivity index is 1.81. The molecule has 0 aromatic carbocycles. The Labute approximate surface area is 112 Å². The van der Waals surface area contributed by atoms with Crippen molar-refractivity contribution in [2.24, 2.45) is 0 Å². The monoisotopic (exact) mass is 284 g/mol. The first kappa shape index (κ1) is 12.9. The molecule has 1 amide bonds. The number of nitrogens with two attached hydrogens (primary N) is 1. The fourth-order valence-electron chi connectivity index (χ4n) is 1.20. The van der Waals surface area contributed by atoms with Crippen LogP contribution >= 0.6 is 23.1 Å². The van der Waals surface area contributed by atoms with Crippen molar-refractivity contribution in [2.45, 2.75) is 23.1 Å². The number of thioether (sulfide) groups is 1. The number of furan rings is 1. The molecule has 2 heterocycles. The summed E-state index contributed by atoms with van der Waals surface area (Å²) in [6, 6.07) is 3.59. The fraction of sp³-hybridized carbons (Fsp3) is 0.300. The maximum atomic E-state index is 11.8. The van der Waals surface area contributed by atoms with Gasteiger partial charge in [0.1, 0.15) is 5.76 Å². The van der Waals surface area contributed by atoms with Gasteiger partial charge in [0.2, 0.25) is 11.0 Å². The summed E-state index contributed by atoms with van der Waals surface area (Å²) in [7, 11) is 0. The first-order chi connectivity index (χ1) is 8.65. The van der Waals surface area contributed by atoms with Crippen LogP contribution in [-0.4, -0.2) is 21.4 Å². The summed E-state index contributed by atoms with van der Waals surface area (Å²) < 4.78 is 5.82. The molecule has 2 aromatic heterocycles. The van der Waals surface area contributed by atoms with Gasteiger partial charge in [0.25, 0.3) is 0 Å². The van der Waals surface area contributed by atoms with Crippen LogP contribution in [0.2, 0.25) is 0 Å².